The molecule has 1 saturated carbocycles. The molecule has 2 aromatic rings. The topological polar surface area (TPSA) is 83.0 Å². The Morgan fingerprint density at radius 1 is 1.31 bits per heavy atom. The lowest BCUT2D eigenvalue weighted by Crippen LogP contribution is -2.18. The first-order valence-electron chi connectivity index (χ1n) is 9.20. The van der Waals surface area contributed by atoms with E-state index in [1.807, 2.05) is 19.1 Å². The predicted molar refractivity (Wildman–Crippen MR) is 103 cm³/mol. The highest BCUT2D eigenvalue weighted by Crippen LogP contribution is 2.33. The Bertz CT molecular complexity index is 769. The van der Waals surface area contributed by atoms with Crippen LogP contribution in [0.4, 0.5) is 0 Å². The number of Topliss-reactive ketones (excluding diaryl/α,β-unsaturated/α-hetero) is 1. The smallest absolute Gasteiger partial charge is 0.210 e. The number of hydrogen-bond donors (Lipinski definition) is 1. The molecular formula is C19H26N4O2S. The molecule has 0 unspecified atom stereocenters. The lowest BCUT2D eigenvalue weighted by Gasteiger charge is -2.20. The largest absolute Gasteiger partial charge is 0.494 e. The summed E-state index contributed by atoms with van der Waals surface area (Å²) in [6.45, 7) is 4.10. The standard InChI is InChI=1S/C19H26N4O2S/c1-3-25-17-10-9-15(13(2)24)11-16(17)12-26-19-22-21-18(23(19)20)14-7-5-4-6-8-14/h9-11,14H,3-8,12,20H2,1-2H3. The van der Waals surface area contributed by atoms with Crippen LogP contribution in [0.1, 0.15) is 73.6 Å². The maximum Gasteiger partial charge on any atom is 0.210 e. The normalized spacial score (nSPS) is 15.2. The zero-order valence-electron chi connectivity index (χ0n) is 15.4. The summed E-state index contributed by atoms with van der Waals surface area (Å²) in [7, 11) is 0. The van der Waals surface area contributed by atoms with Gasteiger partial charge in [-0.1, -0.05) is 31.0 Å². The van der Waals surface area contributed by atoms with Crippen molar-refractivity contribution in [2.24, 2.45) is 0 Å². The van der Waals surface area contributed by atoms with Gasteiger partial charge in [-0.25, -0.2) is 4.68 Å². The second kappa shape index (κ2) is 8.58. The number of nitrogens with zero attached hydrogens (tertiary/aromatic N) is 3. The van der Waals surface area contributed by atoms with Gasteiger partial charge in [-0.3, -0.25) is 4.79 Å². The second-order valence-corrected chi connectivity index (χ2v) is 7.59. The van der Waals surface area contributed by atoms with Gasteiger partial charge in [-0.05, 0) is 44.9 Å². The highest BCUT2D eigenvalue weighted by atomic mass is 32.2. The van der Waals surface area contributed by atoms with Crippen LogP contribution in [0, 0.1) is 0 Å². The average Bonchev–Trinajstić information content (AvgIpc) is 3.02. The van der Waals surface area contributed by atoms with Crippen LogP contribution in [0.25, 0.3) is 0 Å². The molecular weight excluding hydrogens is 348 g/mol. The van der Waals surface area contributed by atoms with Crippen molar-refractivity contribution in [2.45, 2.75) is 62.8 Å². The van der Waals surface area contributed by atoms with Crippen LogP contribution < -0.4 is 10.6 Å². The fraction of sp³-hybridized carbons (Fsp3) is 0.526. The lowest BCUT2D eigenvalue weighted by molar-refractivity contribution is 0.101. The molecule has 0 radical (unpaired) electrons. The molecule has 3 rings (SSSR count). The number of ketones is 1. The summed E-state index contributed by atoms with van der Waals surface area (Å²) in [6.07, 6.45) is 6.03. The van der Waals surface area contributed by atoms with Gasteiger partial charge in [0.05, 0.1) is 6.61 Å². The minimum Gasteiger partial charge on any atom is -0.494 e. The maximum absolute atomic E-state index is 11.7. The summed E-state index contributed by atoms with van der Waals surface area (Å²) >= 11 is 1.52. The Hall–Kier alpha value is -2.02. The Balaban J connectivity index is 1.75. The molecule has 26 heavy (non-hydrogen) atoms. The van der Waals surface area contributed by atoms with Gasteiger partial charge in [0.1, 0.15) is 5.75 Å². The number of ether oxygens (including phenoxy) is 1. The van der Waals surface area contributed by atoms with E-state index in [4.69, 9.17) is 10.6 Å². The lowest BCUT2D eigenvalue weighted by atomic mass is 9.89. The number of thioether (sulfide) groups is 1. The van der Waals surface area contributed by atoms with Crippen LogP contribution in [0.3, 0.4) is 0 Å². The molecule has 0 aliphatic heterocycles. The number of carbonyl (C=O) groups excluding carboxylic acids is 1. The first kappa shape index (κ1) is 18.8. The van der Waals surface area contributed by atoms with E-state index < -0.39 is 0 Å². The molecule has 0 bridgehead atoms. The van der Waals surface area contributed by atoms with Gasteiger partial charge in [0.2, 0.25) is 5.16 Å². The average molecular weight is 375 g/mol. The molecule has 1 aliphatic carbocycles. The third kappa shape index (κ3) is 4.20. The summed E-state index contributed by atoms with van der Waals surface area (Å²) in [6, 6.07) is 5.55. The van der Waals surface area contributed by atoms with Crippen molar-refractivity contribution in [1.29, 1.82) is 0 Å². The number of nitrogen functional groups attached to an aromatic ring is 1. The highest BCUT2D eigenvalue weighted by molar-refractivity contribution is 7.98. The van der Waals surface area contributed by atoms with E-state index in [-0.39, 0.29) is 5.78 Å². The van der Waals surface area contributed by atoms with Crippen molar-refractivity contribution in [3.63, 3.8) is 0 Å². The van der Waals surface area contributed by atoms with Crippen LogP contribution in [0.2, 0.25) is 0 Å². The van der Waals surface area contributed by atoms with Crippen molar-refractivity contribution >= 4 is 17.5 Å². The number of aromatic nitrogens is 3. The van der Waals surface area contributed by atoms with Gasteiger partial charge in [-0.2, -0.15) is 0 Å². The van der Waals surface area contributed by atoms with E-state index in [2.05, 4.69) is 10.2 Å². The summed E-state index contributed by atoms with van der Waals surface area (Å²) in [4.78, 5) is 11.7. The Morgan fingerprint density at radius 2 is 2.08 bits per heavy atom. The van der Waals surface area contributed by atoms with Gasteiger partial charge in [-0.15, -0.1) is 10.2 Å². The molecule has 140 valence electrons. The zero-order chi connectivity index (χ0) is 18.5. The number of benzene rings is 1. The minimum atomic E-state index is 0.0425. The maximum atomic E-state index is 11.7. The van der Waals surface area contributed by atoms with E-state index in [0.29, 0.717) is 29.0 Å². The second-order valence-electron chi connectivity index (χ2n) is 6.65. The third-order valence-corrected chi connectivity index (χ3v) is 5.78. The Morgan fingerprint density at radius 3 is 2.77 bits per heavy atom. The van der Waals surface area contributed by atoms with Crippen molar-refractivity contribution < 1.29 is 9.53 Å². The van der Waals surface area contributed by atoms with Gasteiger partial charge in [0.25, 0.3) is 0 Å². The van der Waals surface area contributed by atoms with E-state index in [1.165, 1.54) is 31.0 Å². The van der Waals surface area contributed by atoms with Gasteiger partial charge >= 0.3 is 0 Å². The van der Waals surface area contributed by atoms with E-state index in [0.717, 1.165) is 30.0 Å². The zero-order valence-corrected chi connectivity index (χ0v) is 16.2. The van der Waals surface area contributed by atoms with Crippen molar-refractivity contribution in [3.8, 4) is 5.75 Å². The van der Waals surface area contributed by atoms with Crippen LogP contribution in [-0.2, 0) is 5.75 Å². The number of nitrogens with two attached hydrogens (primary N) is 1. The fourth-order valence-electron chi connectivity index (χ4n) is 3.38. The van der Waals surface area contributed by atoms with E-state index >= 15 is 0 Å². The number of rotatable bonds is 7. The fourth-order valence-corrected chi connectivity index (χ4v) is 4.22. The van der Waals surface area contributed by atoms with Crippen LogP contribution in [0.15, 0.2) is 23.4 Å². The van der Waals surface area contributed by atoms with Crippen molar-refractivity contribution in [1.82, 2.24) is 14.9 Å². The summed E-state index contributed by atoms with van der Waals surface area (Å²) < 4.78 is 7.33. The van der Waals surface area contributed by atoms with Crippen LogP contribution in [0.5, 0.6) is 5.75 Å². The monoisotopic (exact) mass is 374 g/mol. The molecule has 2 N–H and O–H groups in total. The van der Waals surface area contributed by atoms with Gasteiger partial charge in [0.15, 0.2) is 11.6 Å². The molecule has 0 spiro atoms. The number of carbonyl (C=O) groups is 1. The quantitative estimate of drug-likeness (QED) is 0.449. The summed E-state index contributed by atoms with van der Waals surface area (Å²) in [5.74, 6) is 9.01. The van der Waals surface area contributed by atoms with Crippen molar-refractivity contribution in [2.75, 3.05) is 12.4 Å². The number of hydrogen-bond acceptors (Lipinski definition) is 6. The molecule has 1 aromatic heterocycles. The van der Waals surface area contributed by atoms with Crippen LogP contribution in [-0.4, -0.2) is 27.3 Å². The molecule has 1 fully saturated rings. The predicted octanol–water partition coefficient (Wildman–Crippen LogP) is 3.93. The highest BCUT2D eigenvalue weighted by Gasteiger charge is 2.22. The van der Waals surface area contributed by atoms with E-state index in [9.17, 15) is 4.79 Å². The Kier molecular flexibility index (Phi) is 6.19. The van der Waals surface area contributed by atoms with Gasteiger partial charge in [0, 0.05) is 22.8 Å². The molecule has 0 amide bonds. The molecule has 1 heterocycles. The van der Waals surface area contributed by atoms with E-state index in [1.54, 1.807) is 17.7 Å². The first-order valence-corrected chi connectivity index (χ1v) is 10.2. The Labute approximate surface area is 158 Å². The first-order chi connectivity index (χ1) is 12.6. The minimum absolute atomic E-state index is 0.0425. The SMILES string of the molecule is CCOc1ccc(C(C)=O)cc1CSc1nnc(C2CCCCC2)n1N. The van der Waals surface area contributed by atoms with Crippen molar-refractivity contribution in [3.05, 3.63) is 35.2 Å². The van der Waals surface area contributed by atoms with Gasteiger partial charge < -0.3 is 10.6 Å². The molecule has 6 nitrogen and oxygen atoms in total. The summed E-state index contributed by atoms with van der Waals surface area (Å²) in [5.41, 5.74) is 1.65. The molecule has 7 heteroatoms. The molecule has 0 atom stereocenters. The molecule has 1 aliphatic rings. The van der Waals surface area contributed by atoms with Crippen LogP contribution >= 0.6 is 11.8 Å². The summed E-state index contributed by atoms with van der Waals surface area (Å²) in [5, 5.41) is 9.32. The third-order valence-electron chi connectivity index (χ3n) is 4.78. The molecule has 1 aromatic carbocycles. The molecule has 0 saturated heterocycles.